The predicted molar refractivity (Wildman–Crippen MR) is 52.9 cm³/mol. The molecule has 0 unspecified atom stereocenters. The summed E-state index contributed by atoms with van der Waals surface area (Å²) in [7, 11) is 0. The van der Waals surface area contributed by atoms with E-state index in [1.807, 2.05) is 4.68 Å². The van der Waals surface area contributed by atoms with Crippen LogP contribution >= 0.6 is 0 Å². The summed E-state index contributed by atoms with van der Waals surface area (Å²) in [6.07, 6.45) is 2.56. The number of hydrogen-bond donors (Lipinski definition) is 1. The fourth-order valence-electron chi connectivity index (χ4n) is 1.53. The molecule has 0 spiro atoms. The van der Waals surface area contributed by atoms with Crippen molar-refractivity contribution in [1.29, 1.82) is 0 Å². The molecule has 0 aliphatic carbocycles. The van der Waals surface area contributed by atoms with Gasteiger partial charge in [-0.3, -0.25) is 4.68 Å². The van der Waals surface area contributed by atoms with Crippen LogP contribution in [0.2, 0.25) is 0 Å². The maximum atomic E-state index is 9.61. The second-order valence-electron chi connectivity index (χ2n) is 4.35. The summed E-state index contributed by atoms with van der Waals surface area (Å²) < 4.78 is 1.88. The molecule has 0 atom stereocenters. The minimum Gasteiger partial charge on any atom is -0.504 e. The number of aromatic hydroxyl groups is 1. The van der Waals surface area contributed by atoms with E-state index in [1.165, 1.54) is 6.20 Å². The lowest BCUT2D eigenvalue weighted by Gasteiger charge is -2.20. The molecule has 0 aliphatic rings. The van der Waals surface area contributed by atoms with E-state index in [2.05, 4.69) is 32.8 Å². The Morgan fingerprint density at radius 2 is 2.08 bits per heavy atom. The molecule has 74 valence electrons. The van der Waals surface area contributed by atoms with E-state index in [-0.39, 0.29) is 5.41 Å². The van der Waals surface area contributed by atoms with Gasteiger partial charge in [0.1, 0.15) is 0 Å². The van der Waals surface area contributed by atoms with Gasteiger partial charge < -0.3 is 5.11 Å². The molecule has 0 saturated heterocycles. The molecule has 1 aromatic heterocycles. The summed E-state index contributed by atoms with van der Waals surface area (Å²) in [6.45, 7) is 9.21. The molecule has 1 aromatic rings. The van der Waals surface area contributed by atoms with E-state index in [4.69, 9.17) is 0 Å². The number of aryl methyl sites for hydroxylation is 1. The highest BCUT2D eigenvalue weighted by molar-refractivity contribution is 5.29. The van der Waals surface area contributed by atoms with Gasteiger partial charge in [0.15, 0.2) is 5.75 Å². The zero-order valence-corrected chi connectivity index (χ0v) is 8.83. The molecule has 0 bridgehead atoms. The first-order chi connectivity index (χ1) is 5.96. The van der Waals surface area contributed by atoms with Crippen molar-refractivity contribution < 1.29 is 5.11 Å². The number of rotatable bonds is 2. The van der Waals surface area contributed by atoms with Crippen molar-refractivity contribution >= 4 is 0 Å². The van der Waals surface area contributed by atoms with E-state index in [0.717, 1.165) is 18.7 Å². The first kappa shape index (κ1) is 10.1. The molecule has 1 heterocycles. The van der Waals surface area contributed by atoms with Crippen LogP contribution in [0.4, 0.5) is 0 Å². The van der Waals surface area contributed by atoms with Crippen molar-refractivity contribution in [3.05, 3.63) is 11.9 Å². The minimum absolute atomic E-state index is 0.0459. The van der Waals surface area contributed by atoms with E-state index in [1.54, 1.807) is 0 Å². The van der Waals surface area contributed by atoms with E-state index in [0.29, 0.717) is 5.75 Å². The number of aromatic nitrogens is 2. The van der Waals surface area contributed by atoms with Crippen LogP contribution in [0.1, 0.15) is 39.8 Å². The highest BCUT2D eigenvalue weighted by Crippen LogP contribution is 2.30. The normalized spacial score (nSPS) is 12.0. The lowest BCUT2D eigenvalue weighted by Crippen LogP contribution is -2.18. The maximum absolute atomic E-state index is 9.61. The fraction of sp³-hybridized carbons (Fsp3) is 0.700. The number of hydrogen-bond acceptors (Lipinski definition) is 2. The summed E-state index contributed by atoms with van der Waals surface area (Å²) in [5.41, 5.74) is 0.879. The summed E-state index contributed by atoms with van der Waals surface area (Å²) in [5.74, 6) is 0.306. The molecule has 1 N–H and O–H groups in total. The van der Waals surface area contributed by atoms with Crippen molar-refractivity contribution in [1.82, 2.24) is 9.78 Å². The summed E-state index contributed by atoms with van der Waals surface area (Å²) in [5, 5.41) is 13.7. The Bertz CT molecular complexity index is 284. The fourth-order valence-corrected chi connectivity index (χ4v) is 1.53. The van der Waals surface area contributed by atoms with Crippen molar-refractivity contribution in [3.63, 3.8) is 0 Å². The van der Waals surface area contributed by atoms with Crippen LogP contribution in [0.25, 0.3) is 0 Å². The molecule has 1 rings (SSSR count). The zero-order valence-electron chi connectivity index (χ0n) is 8.83. The Hall–Kier alpha value is -0.990. The minimum atomic E-state index is -0.0459. The third kappa shape index (κ3) is 2.02. The highest BCUT2D eigenvalue weighted by Gasteiger charge is 2.23. The van der Waals surface area contributed by atoms with Gasteiger partial charge in [-0.2, -0.15) is 5.10 Å². The summed E-state index contributed by atoms with van der Waals surface area (Å²) in [4.78, 5) is 0. The van der Waals surface area contributed by atoms with Crippen LogP contribution in [0, 0.1) is 0 Å². The molecule has 0 saturated carbocycles. The van der Waals surface area contributed by atoms with Crippen LogP contribution in [0.15, 0.2) is 6.20 Å². The van der Waals surface area contributed by atoms with Gasteiger partial charge in [0.25, 0.3) is 0 Å². The van der Waals surface area contributed by atoms with E-state index >= 15 is 0 Å². The molecule has 0 aliphatic heterocycles. The molecular weight excluding hydrogens is 164 g/mol. The highest BCUT2D eigenvalue weighted by atomic mass is 16.3. The van der Waals surface area contributed by atoms with Crippen LogP contribution in [-0.4, -0.2) is 14.9 Å². The average molecular weight is 182 g/mol. The Morgan fingerprint density at radius 1 is 1.46 bits per heavy atom. The summed E-state index contributed by atoms with van der Waals surface area (Å²) in [6, 6.07) is 0. The topological polar surface area (TPSA) is 38.0 Å². The van der Waals surface area contributed by atoms with Gasteiger partial charge in [0, 0.05) is 12.0 Å². The van der Waals surface area contributed by atoms with Gasteiger partial charge in [-0.05, 0) is 6.42 Å². The SMILES string of the molecule is CCCn1ncc(O)c1C(C)(C)C. The predicted octanol–water partition coefficient (Wildman–Crippen LogP) is 2.30. The van der Waals surface area contributed by atoms with E-state index < -0.39 is 0 Å². The monoisotopic (exact) mass is 182 g/mol. The van der Waals surface area contributed by atoms with Crippen molar-refractivity contribution in [3.8, 4) is 5.75 Å². The zero-order chi connectivity index (χ0) is 10.1. The van der Waals surface area contributed by atoms with Gasteiger partial charge in [-0.25, -0.2) is 0 Å². The molecule has 0 aromatic carbocycles. The first-order valence-corrected chi connectivity index (χ1v) is 4.72. The lowest BCUT2D eigenvalue weighted by molar-refractivity contribution is 0.423. The molecule has 3 nitrogen and oxygen atoms in total. The Labute approximate surface area is 79.4 Å². The van der Waals surface area contributed by atoms with E-state index in [9.17, 15) is 5.11 Å². The molecule has 13 heavy (non-hydrogen) atoms. The standard InChI is InChI=1S/C10H18N2O/c1-5-6-12-9(10(2,3)4)8(13)7-11-12/h7,13H,5-6H2,1-4H3. The number of nitrogens with zero attached hydrogens (tertiary/aromatic N) is 2. The second kappa shape index (κ2) is 3.40. The second-order valence-corrected chi connectivity index (χ2v) is 4.35. The first-order valence-electron chi connectivity index (χ1n) is 4.72. The molecular formula is C10H18N2O. The van der Waals surface area contributed by atoms with Crippen molar-refractivity contribution in [2.45, 2.75) is 46.1 Å². The van der Waals surface area contributed by atoms with Crippen LogP contribution in [0.5, 0.6) is 5.75 Å². The Balaban J connectivity index is 3.09. The molecule has 0 amide bonds. The van der Waals surface area contributed by atoms with Gasteiger partial charge in [-0.1, -0.05) is 27.7 Å². The Morgan fingerprint density at radius 3 is 2.54 bits per heavy atom. The third-order valence-corrected chi connectivity index (χ3v) is 1.97. The van der Waals surface area contributed by atoms with Crippen LogP contribution in [-0.2, 0) is 12.0 Å². The van der Waals surface area contributed by atoms with Crippen molar-refractivity contribution in [2.75, 3.05) is 0 Å². The maximum Gasteiger partial charge on any atom is 0.157 e. The van der Waals surface area contributed by atoms with Crippen LogP contribution < -0.4 is 0 Å². The largest absolute Gasteiger partial charge is 0.504 e. The van der Waals surface area contributed by atoms with Crippen LogP contribution in [0.3, 0.4) is 0 Å². The summed E-state index contributed by atoms with van der Waals surface area (Å²) >= 11 is 0. The van der Waals surface area contributed by atoms with Gasteiger partial charge >= 0.3 is 0 Å². The molecule has 0 radical (unpaired) electrons. The van der Waals surface area contributed by atoms with Gasteiger partial charge in [0.2, 0.25) is 0 Å². The van der Waals surface area contributed by atoms with Gasteiger partial charge in [0.05, 0.1) is 11.9 Å². The quantitative estimate of drug-likeness (QED) is 0.762. The average Bonchev–Trinajstić information content (AvgIpc) is 2.31. The van der Waals surface area contributed by atoms with Gasteiger partial charge in [-0.15, -0.1) is 0 Å². The molecule has 0 fully saturated rings. The third-order valence-electron chi connectivity index (χ3n) is 1.97. The van der Waals surface area contributed by atoms with Crippen molar-refractivity contribution in [2.24, 2.45) is 0 Å². The lowest BCUT2D eigenvalue weighted by atomic mass is 9.91. The smallest absolute Gasteiger partial charge is 0.157 e. The Kier molecular flexibility index (Phi) is 2.64. The molecule has 3 heteroatoms.